The highest BCUT2D eigenvalue weighted by Gasteiger charge is 2.13. The molecule has 5 heteroatoms. The lowest BCUT2D eigenvalue weighted by atomic mass is 10.2. The Bertz CT molecular complexity index is 337. The highest BCUT2D eigenvalue weighted by Crippen LogP contribution is 2.35. The Morgan fingerprint density at radius 3 is 2.00 bits per heavy atom. The number of carbonyl (C=O) groups is 1. The normalized spacial score (nSPS) is 9.64. The number of aromatic carboxylic acids is 1. The molecule has 76 valence electrons. The summed E-state index contributed by atoms with van der Waals surface area (Å²) in [5, 5.41) is 9.03. The molecule has 0 fully saturated rings. The van der Waals surface area contributed by atoms with Crippen LogP contribution in [-0.2, 0) is 0 Å². The van der Waals surface area contributed by atoms with Crippen molar-refractivity contribution in [3.05, 3.63) is 22.7 Å². The molecule has 1 rings (SSSR count). The maximum atomic E-state index is 10.7. The molecule has 0 saturated carbocycles. The first kappa shape index (κ1) is 10.7. The van der Waals surface area contributed by atoms with Crippen molar-refractivity contribution in [1.82, 2.24) is 0 Å². The molecule has 0 aliphatic rings. The van der Waals surface area contributed by atoms with E-state index in [4.69, 9.17) is 26.2 Å². The number of hydrogen-bond donors (Lipinski definition) is 1. The van der Waals surface area contributed by atoms with Crippen LogP contribution in [0.1, 0.15) is 10.4 Å². The van der Waals surface area contributed by atoms with Gasteiger partial charge in [0.25, 0.3) is 0 Å². The lowest BCUT2D eigenvalue weighted by Gasteiger charge is -2.08. The second-order valence-corrected chi connectivity index (χ2v) is 2.88. The Morgan fingerprint density at radius 1 is 1.29 bits per heavy atom. The van der Waals surface area contributed by atoms with Crippen LogP contribution in [0.2, 0.25) is 5.02 Å². The van der Waals surface area contributed by atoms with Crippen LogP contribution < -0.4 is 9.47 Å². The molecule has 0 bridgehead atoms. The summed E-state index contributed by atoms with van der Waals surface area (Å²) in [6.45, 7) is 0. The third-order valence-corrected chi connectivity index (χ3v) is 2.07. The Kier molecular flexibility index (Phi) is 3.19. The fraction of sp³-hybridized carbons (Fsp3) is 0.222. The van der Waals surface area contributed by atoms with Gasteiger partial charge < -0.3 is 14.6 Å². The fourth-order valence-electron chi connectivity index (χ4n) is 0.993. The molecule has 1 aromatic rings. The summed E-state index contributed by atoms with van der Waals surface area (Å²) >= 11 is 5.84. The van der Waals surface area contributed by atoms with E-state index in [2.05, 4.69) is 0 Å². The van der Waals surface area contributed by atoms with Gasteiger partial charge in [0.15, 0.2) is 0 Å². The predicted octanol–water partition coefficient (Wildman–Crippen LogP) is 2.06. The SMILES string of the molecule is COc1cc(C(=O)O)cc(OC)c1Cl. The monoisotopic (exact) mass is 216 g/mol. The van der Waals surface area contributed by atoms with Crippen LogP contribution in [0, 0.1) is 0 Å². The molecule has 0 radical (unpaired) electrons. The van der Waals surface area contributed by atoms with Crippen molar-refractivity contribution in [3.8, 4) is 11.5 Å². The molecule has 0 amide bonds. The zero-order chi connectivity index (χ0) is 10.7. The fourth-order valence-corrected chi connectivity index (χ4v) is 1.26. The quantitative estimate of drug-likeness (QED) is 0.840. The second kappa shape index (κ2) is 4.19. The van der Waals surface area contributed by atoms with E-state index >= 15 is 0 Å². The number of benzene rings is 1. The van der Waals surface area contributed by atoms with Gasteiger partial charge in [0.05, 0.1) is 19.8 Å². The average molecular weight is 217 g/mol. The Balaban J connectivity index is 3.32. The van der Waals surface area contributed by atoms with Crippen molar-refractivity contribution in [3.63, 3.8) is 0 Å². The highest BCUT2D eigenvalue weighted by atomic mass is 35.5. The Hall–Kier alpha value is -1.42. The van der Waals surface area contributed by atoms with Gasteiger partial charge in [-0.3, -0.25) is 0 Å². The standard InChI is InChI=1S/C9H9ClO4/c1-13-6-3-5(9(11)12)4-7(14-2)8(6)10/h3-4H,1-2H3,(H,11,12). The topological polar surface area (TPSA) is 55.8 Å². The van der Waals surface area contributed by atoms with Crippen molar-refractivity contribution in [2.45, 2.75) is 0 Å². The summed E-state index contributed by atoms with van der Waals surface area (Å²) in [7, 11) is 2.82. The van der Waals surface area contributed by atoms with Crippen LogP contribution in [0.3, 0.4) is 0 Å². The van der Waals surface area contributed by atoms with Crippen LogP contribution in [0.5, 0.6) is 11.5 Å². The lowest BCUT2D eigenvalue weighted by Crippen LogP contribution is -1.99. The van der Waals surface area contributed by atoms with Crippen LogP contribution in [0.4, 0.5) is 0 Å². The number of carboxylic acid groups (broad SMARTS) is 1. The molecule has 0 unspecified atom stereocenters. The maximum Gasteiger partial charge on any atom is 0.335 e. The molecule has 0 aliphatic heterocycles. The summed E-state index contributed by atoms with van der Waals surface area (Å²) in [5.74, 6) is -0.495. The second-order valence-electron chi connectivity index (χ2n) is 2.50. The van der Waals surface area contributed by atoms with Crippen molar-refractivity contribution in [1.29, 1.82) is 0 Å². The van der Waals surface area contributed by atoms with E-state index in [0.29, 0.717) is 0 Å². The third kappa shape index (κ3) is 1.90. The average Bonchev–Trinajstić information content (AvgIpc) is 2.17. The van der Waals surface area contributed by atoms with Gasteiger partial charge in [-0.05, 0) is 12.1 Å². The van der Waals surface area contributed by atoms with Gasteiger partial charge in [-0.25, -0.2) is 4.79 Å². The molecule has 1 N–H and O–H groups in total. The predicted molar refractivity (Wildman–Crippen MR) is 51.5 cm³/mol. The first-order valence-electron chi connectivity index (χ1n) is 3.75. The molecular formula is C9H9ClO4. The van der Waals surface area contributed by atoms with E-state index in [1.807, 2.05) is 0 Å². The molecule has 0 heterocycles. The minimum absolute atomic E-state index is 0.0723. The summed E-state index contributed by atoms with van der Waals surface area (Å²) in [4.78, 5) is 10.7. The number of hydrogen-bond acceptors (Lipinski definition) is 3. The molecule has 0 aromatic heterocycles. The number of methoxy groups -OCH3 is 2. The minimum atomic E-state index is -1.06. The van der Waals surface area contributed by atoms with E-state index in [1.165, 1.54) is 26.4 Å². The van der Waals surface area contributed by atoms with Gasteiger partial charge in [0.1, 0.15) is 16.5 Å². The third-order valence-electron chi connectivity index (χ3n) is 1.69. The summed E-state index contributed by atoms with van der Waals surface area (Å²) in [6.07, 6.45) is 0. The summed E-state index contributed by atoms with van der Waals surface area (Å²) < 4.78 is 9.81. The number of rotatable bonds is 3. The van der Waals surface area contributed by atoms with Crippen LogP contribution >= 0.6 is 11.6 Å². The zero-order valence-electron chi connectivity index (χ0n) is 7.70. The van der Waals surface area contributed by atoms with Crippen molar-refractivity contribution in [2.75, 3.05) is 14.2 Å². The molecule has 0 atom stereocenters. The molecule has 14 heavy (non-hydrogen) atoms. The van der Waals surface area contributed by atoms with Crippen molar-refractivity contribution >= 4 is 17.6 Å². The Labute approximate surface area is 86.0 Å². The van der Waals surface area contributed by atoms with E-state index in [-0.39, 0.29) is 22.1 Å². The van der Waals surface area contributed by atoms with E-state index < -0.39 is 5.97 Å². The zero-order valence-corrected chi connectivity index (χ0v) is 8.46. The molecule has 0 saturated heterocycles. The van der Waals surface area contributed by atoms with Crippen molar-refractivity contribution < 1.29 is 19.4 Å². The number of halogens is 1. The van der Waals surface area contributed by atoms with Gasteiger partial charge >= 0.3 is 5.97 Å². The van der Waals surface area contributed by atoms with E-state index in [9.17, 15) is 4.79 Å². The molecule has 1 aromatic carbocycles. The minimum Gasteiger partial charge on any atom is -0.495 e. The summed E-state index contributed by atoms with van der Waals surface area (Å²) in [5.41, 5.74) is 0.0723. The van der Waals surface area contributed by atoms with Crippen LogP contribution in [0.25, 0.3) is 0 Å². The lowest BCUT2D eigenvalue weighted by molar-refractivity contribution is 0.0696. The van der Waals surface area contributed by atoms with Gasteiger partial charge in [-0.15, -0.1) is 0 Å². The first-order chi connectivity index (χ1) is 6.60. The van der Waals surface area contributed by atoms with Gasteiger partial charge in [-0.2, -0.15) is 0 Å². The van der Waals surface area contributed by atoms with Gasteiger partial charge in [0, 0.05) is 0 Å². The maximum absolute atomic E-state index is 10.7. The Morgan fingerprint density at radius 2 is 1.71 bits per heavy atom. The molecule has 0 aliphatic carbocycles. The highest BCUT2D eigenvalue weighted by molar-refractivity contribution is 6.33. The van der Waals surface area contributed by atoms with Crippen molar-refractivity contribution in [2.24, 2.45) is 0 Å². The van der Waals surface area contributed by atoms with Gasteiger partial charge in [0.2, 0.25) is 0 Å². The van der Waals surface area contributed by atoms with Crippen LogP contribution in [-0.4, -0.2) is 25.3 Å². The van der Waals surface area contributed by atoms with E-state index in [1.54, 1.807) is 0 Å². The number of carboxylic acids is 1. The van der Waals surface area contributed by atoms with Crippen LogP contribution in [0.15, 0.2) is 12.1 Å². The largest absolute Gasteiger partial charge is 0.495 e. The molecule has 4 nitrogen and oxygen atoms in total. The molecular weight excluding hydrogens is 208 g/mol. The molecule has 0 spiro atoms. The summed E-state index contributed by atoms with van der Waals surface area (Å²) in [6, 6.07) is 2.68. The first-order valence-corrected chi connectivity index (χ1v) is 4.12. The smallest absolute Gasteiger partial charge is 0.335 e. The number of ether oxygens (including phenoxy) is 2. The van der Waals surface area contributed by atoms with E-state index in [0.717, 1.165) is 0 Å². The van der Waals surface area contributed by atoms with Gasteiger partial charge in [-0.1, -0.05) is 11.6 Å².